The summed E-state index contributed by atoms with van der Waals surface area (Å²) in [6.07, 6.45) is 1.72. The lowest BCUT2D eigenvalue weighted by Crippen LogP contribution is -2.47. The molecule has 2 N–H and O–H groups in total. The molecule has 1 aromatic rings. The van der Waals surface area contributed by atoms with Crippen molar-refractivity contribution in [3.8, 4) is 0 Å². The highest BCUT2D eigenvalue weighted by Gasteiger charge is 2.47. The average molecular weight is 566 g/mol. The van der Waals surface area contributed by atoms with E-state index in [1.165, 1.54) is 0 Å². The van der Waals surface area contributed by atoms with Crippen molar-refractivity contribution in [2.24, 2.45) is 16.8 Å². The molecule has 0 aromatic heterocycles. The first-order valence-electron chi connectivity index (χ1n) is 13.7. The number of carboxylic acid groups (broad SMARTS) is 1. The van der Waals surface area contributed by atoms with Crippen molar-refractivity contribution in [2.45, 2.75) is 83.9 Å². The summed E-state index contributed by atoms with van der Waals surface area (Å²) in [6, 6.07) is 3.38. The molecule has 10 heteroatoms. The van der Waals surface area contributed by atoms with Gasteiger partial charge in [0.1, 0.15) is 11.4 Å². The summed E-state index contributed by atoms with van der Waals surface area (Å²) in [5.41, 5.74) is 2.39. The van der Waals surface area contributed by atoms with Gasteiger partial charge in [-0.1, -0.05) is 10.7 Å². The van der Waals surface area contributed by atoms with Crippen LogP contribution in [0.2, 0.25) is 0 Å². The number of halogens is 3. The molecular weight excluding hydrogens is 527 g/mol. The third-order valence-corrected chi connectivity index (χ3v) is 10.2. The number of aryl methyl sites for hydroxylation is 2. The standard InChI is InChI=1S/C29H38F3N3O3S/c1-4-39(16-10-24-19(2)17-23(26(36)37)18-20(24)3)35-14-12-28(13-15-35)27(38)33-25(34-28)22-7-5-21(6-8-22)9-11-29(30,31)32/h4,10,16-18,21-22H,5-9,11-15H2,1-3H3,(H,36,37)(H,33,34,38)/b16-10+. The van der Waals surface area contributed by atoms with Gasteiger partial charge in [0.2, 0.25) is 0 Å². The molecule has 39 heavy (non-hydrogen) atoms. The van der Waals surface area contributed by atoms with Gasteiger partial charge in [0, 0.05) is 25.4 Å². The summed E-state index contributed by atoms with van der Waals surface area (Å²) < 4.78 is 40.1. The molecule has 1 amide bonds. The van der Waals surface area contributed by atoms with Crippen molar-refractivity contribution in [2.75, 3.05) is 13.1 Å². The molecule has 4 rings (SSSR count). The molecule has 1 saturated heterocycles. The molecule has 3 aliphatic rings. The average Bonchev–Trinajstić information content (AvgIpc) is 3.20. The third-order valence-electron chi connectivity index (χ3n) is 8.37. The Bertz CT molecular complexity index is 1170. The summed E-state index contributed by atoms with van der Waals surface area (Å²) >= 11 is 0. The zero-order valence-corrected chi connectivity index (χ0v) is 23.6. The number of piperidine rings is 1. The number of rotatable bonds is 7. The van der Waals surface area contributed by atoms with Crippen LogP contribution in [0.25, 0.3) is 6.08 Å². The summed E-state index contributed by atoms with van der Waals surface area (Å²) in [4.78, 5) is 29.3. The molecule has 0 bridgehead atoms. The normalized spacial score (nSPS) is 24.8. The van der Waals surface area contributed by atoms with Crippen molar-refractivity contribution >= 4 is 39.8 Å². The molecule has 1 saturated carbocycles. The Labute approximate surface area is 230 Å². The van der Waals surface area contributed by atoms with Gasteiger partial charge < -0.3 is 10.4 Å². The highest BCUT2D eigenvalue weighted by Crippen LogP contribution is 2.39. The number of benzene rings is 1. The number of nitrogens with zero attached hydrogens (tertiary/aromatic N) is 2. The molecule has 2 aliphatic heterocycles. The van der Waals surface area contributed by atoms with E-state index in [1.54, 1.807) is 12.1 Å². The minimum Gasteiger partial charge on any atom is -0.478 e. The van der Waals surface area contributed by atoms with Crippen LogP contribution in [0.1, 0.15) is 85.3 Å². The fraction of sp³-hybridized carbons (Fsp3) is 0.586. The summed E-state index contributed by atoms with van der Waals surface area (Å²) in [5, 5.41) is 16.6. The van der Waals surface area contributed by atoms with Crippen LogP contribution >= 0.6 is 10.7 Å². The Morgan fingerprint density at radius 3 is 2.33 bits per heavy atom. The zero-order chi connectivity index (χ0) is 28.4. The number of carboxylic acids is 1. The fourth-order valence-electron chi connectivity index (χ4n) is 6.05. The fourth-order valence-corrected chi connectivity index (χ4v) is 7.55. The third kappa shape index (κ3) is 7.01. The zero-order valence-electron chi connectivity index (χ0n) is 22.8. The molecule has 6 nitrogen and oxygen atoms in total. The first kappa shape index (κ1) is 29.5. The Balaban J connectivity index is 1.36. The van der Waals surface area contributed by atoms with Crippen LogP contribution in [0, 0.1) is 25.7 Å². The Morgan fingerprint density at radius 2 is 1.79 bits per heavy atom. The van der Waals surface area contributed by atoms with Crippen LogP contribution in [0.15, 0.2) is 22.5 Å². The molecule has 1 atom stereocenters. The minimum absolute atomic E-state index is 0.0444. The Kier molecular flexibility index (Phi) is 9.05. The van der Waals surface area contributed by atoms with Crippen LogP contribution in [0.3, 0.4) is 0 Å². The lowest BCUT2D eigenvalue weighted by Gasteiger charge is -2.36. The van der Waals surface area contributed by atoms with Crippen molar-refractivity contribution in [3.63, 3.8) is 0 Å². The maximum absolute atomic E-state index is 13.1. The lowest BCUT2D eigenvalue weighted by atomic mass is 9.79. The number of amides is 1. The second-order valence-corrected chi connectivity index (χ2v) is 13.0. The van der Waals surface area contributed by atoms with Gasteiger partial charge >= 0.3 is 12.1 Å². The second-order valence-electron chi connectivity index (χ2n) is 11.0. The van der Waals surface area contributed by atoms with Gasteiger partial charge in [0.25, 0.3) is 5.91 Å². The molecule has 1 aliphatic carbocycles. The van der Waals surface area contributed by atoms with Gasteiger partial charge in [-0.25, -0.2) is 4.79 Å². The Morgan fingerprint density at radius 1 is 1.18 bits per heavy atom. The van der Waals surface area contributed by atoms with Crippen molar-refractivity contribution in [1.29, 1.82) is 0 Å². The van der Waals surface area contributed by atoms with Gasteiger partial charge in [-0.3, -0.25) is 14.1 Å². The molecular formula is C29H38F3N3O3S. The van der Waals surface area contributed by atoms with Crippen LogP contribution < -0.4 is 5.32 Å². The summed E-state index contributed by atoms with van der Waals surface area (Å²) in [6.45, 7) is 7.31. The predicted molar refractivity (Wildman–Crippen MR) is 151 cm³/mol. The quantitative estimate of drug-likeness (QED) is 0.370. The maximum atomic E-state index is 13.1. The number of hydrogen-bond donors (Lipinski definition) is 2. The van der Waals surface area contributed by atoms with E-state index in [-0.39, 0.29) is 40.4 Å². The number of carbonyl (C=O) groups is 2. The van der Waals surface area contributed by atoms with Gasteiger partial charge in [0.05, 0.1) is 5.56 Å². The monoisotopic (exact) mass is 565 g/mol. The van der Waals surface area contributed by atoms with Crippen LogP contribution in [-0.2, 0) is 4.79 Å². The van der Waals surface area contributed by atoms with E-state index in [9.17, 15) is 27.9 Å². The Hall–Kier alpha value is -2.46. The largest absolute Gasteiger partial charge is 0.478 e. The molecule has 1 spiro atoms. The number of hydrogen-bond acceptors (Lipinski definition) is 4. The van der Waals surface area contributed by atoms with E-state index in [0.29, 0.717) is 12.8 Å². The maximum Gasteiger partial charge on any atom is 0.389 e. The second kappa shape index (κ2) is 12.0. The molecule has 0 radical (unpaired) electrons. The van der Waals surface area contributed by atoms with E-state index in [2.05, 4.69) is 26.5 Å². The van der Waals surface area contributed by atoms with Gasteiger partial charge in [0.15, 0.2) is 0 Å². The molecule has 2 fully saturated rings. The SMILES string of the molecule is C/C=S(/C=C/c1c(C)cc(C(=O)O)cc1C)N1CCC2(CC1)N=C(C1CCC(CCC(F)(F)F)CC1)NC2=O. The highest BCUT2D eigenvalue weighted by atomic mass is 32.2. The summed E-state index contributed by atoms with van der Waals surface area (Å²) in [5.74, 6) is -0.0294. The van der Waals surface area contributed by atoms with Crippen LogP contribution in [0.4, 0.5) is 13.2 Å². The minimum atomic E-state index is -4.10. The number of amidine groups is 1. The number of aliphatic imine (C=N–C) groups is 1. The number of carbonyl (C=O) groups excluding carboxylic acids is 1. The van der Waals surface area contributed by atoms with Gasteiger partial charge in [-0.2, -0.15) is 13.2 Å². The van der Waals surface area contributed by atoms with E-state index < -0.39 is 24.1 Å². The van der Waals surface area contributed by atoms with Crippen molar-refractivity contribution in [3.05, 3.63) is 39.8 Å². The molecule has 1 unspecified atom stereocenters. The number of alkyl halides is 3. The van der Waals surface area contributed by atoms with Crippen molar-refractivity contribution in [1.82, 2.24) is 9.62 Å². The molecule has 2 heterocycles. The smallest absolute Gasteiger partial charge is 0.389 e. The summed E-state index contributed by atoms with van der Waals surface area (Å²) in [7, 11) is -0.252. The van der Waals surface area contributed by atoms with Gasteiger partial charge in [-0.15, -0.1) is 0 Å². The topological polar surface area (TPSA) is 82.0 Å². The van der Waals surface area contributed by atoms with Crippen molar-refractivity contribution < 1.29 is 27.9 Å². The highest BCUT2D eigenvalue weighted by molar-refractivity contribution is 8.15. The van der Waals surface area contributed by atoms with Gasteiger partial charge in [-0.05, 0) is 117 Å². The van der Waals surface area contributed by atoms with E-state index >= 15 is 0 Å². The van der Waals surface area contributed by atoms with Crippen LogP contribution in [-0.4, -0.2) is 57.3 Å². The number of nitrogens with one attached hydrogen (secondary N) is 1. The first-order valence-corrected chi connectivity index (χ1v) is 15.0. The van der Waals surface area contributed by atoms with Crippen LogP contribution in [0.5, 0.6) is 0 Å². The number of aromatic carboxylic acids is 1. The first-order chi connectivity index (χ1) is 18.4. The van der Waals surface area contributed by atoms with E-state index in [4.69, 9.17) is 4.99 Å². The molecule has 214 valence electrons. The van der Waals surface area contributed by atoms with E-state index in [1.807, 2.05) is 20.8 Å². The lowest BCUT2D eigenvalue weighted by molar-refractivity contribution is -0.138. The predicted octanol–water partition coefficient (Wildman–Crippen LogP) is 6.49. The molecule has 1 aromatic carbocycles. The van der Waals surface area contributed by atoms with E-state index in [0.717, 1.165) is 61.3 Å².